The van der Waals surface area contributed by atoms with Crippen LogP contribution >= 0.6 is 0 Å². The number of rotatable bonds is 5. The molecule has 0 aromatic heterocycles. The van der Waals surface area contributed by atoms with E-state index in [1.165, 1.54) is 0 Å². The molecule has 1 aliphatic rings. The second-order valence-electron chi connectivity index (χ2n) is 5.07. The lowest BCUT2D eigenvalue weighted by molar-refractivity contribution is -0.118. The van der Waals surface area contributed by atoms with E-state index in [0.29, 0.717) is 5.92 Å². The largest absolute Gasteiger partial charge is 0.501 e. The topological polar surface area (TPSA) is 38.3 Å². The van der Waals surface area contributed by atoms with Gasteiger partial charge in [-0.05, 0) is 32.3 Å². The van der Waals surface area contributed by atoms with Crippen molar-refractivity contribution in [2.75, 3.05) is 7.11 Å². The zero-order valence-corrected chi connectivity index (χ0v) is 12.0. The van der Waals surface area contributed by atoms with Crippen LogP contribution in [0.25, 0.3) is 0 Å². The third kappa shape index (κ3) is 4.21. The number of hydrogen-bond acceptors (Lipinski definition) is 2. The lowest BCUT2D eigenvalue weighted by atomic mass is 10.0. The number of methoxy groups -OCH3 is 1. The van der Waals surface area contributed by atoms with Gasteiger partial charge in [0.25, 0.3) is 0 Å². The molecule has 1 N–H and O–H groups in total. The van der Waals surface area contributed by atoms with Gasteiger partial charge in [-0.2, -0.15) is 0 Å². The van der Waals surface area contributed by atoms with Crippen LogP contribution in [0.4, 0.5) is 0 Å². The first kappa shape index (κ1) is 14.8. The Hall–Kier alpha value is -1.25. The molecular formula is C15H25NO2. The van der Waals surface area contributed by atoms with E-state index in [0.717, 1.165) is 37.0 Å². The van der Waals surface area contributed by atoms with Crippen LogP contribution in [-0.2, 0) is 9.53 Å². The minimum atomic E-state index is 0.0664. The molecule has 3 heteroatoms. The van der Waals surface area contributed by atoms with Gasteiger partial charge < -0.3 is 10.1 Å². The minimum absolute atomic E-state index is 0.0664. The molecule has 0 bridgehead atoms. The molecule has 0 aromatic carbocycles. The van der Waals surface area contributed by atoms with Crippen molar-refractivity contribution in [1.82, 2.24) is 5.32 Å². The molecule has 0 saturated carbocycles. The van der Waals surface area contributed by atoms with E-state index < -0.39 is 0 Å². The van der Waals surface area contributed by atoms with Crippen LogP contribution in [0.5, 0.6) is 0 Å². The van der Waals surface area contributed by atoms with Gasteiger partial charge in [-0.25, -0.2) is 0 Å². The molecule has 2 unspecified atom stereocenters. The number of nitrogens with one attached hydrogen (secondary N) is 1. The lowest BCUT2D eigenvalue weighted by Gasteiger charge is -2.15. The molecule has 0 radical (unpaired) electrons. The average molecular weight is 251 g/mol. The van der Waals surface area contributed by atoms with Crippen LogP contribution in [0.3, 0.4) is 0 Å². The first-order chi connectivity index (χ1) is 8.58. The van der Waals surface area contributed by atoms with Crippen molar-refractivity contribution >= 4 is 5.91 Å². The number of ether oxygens (including phenoxy) is 1. The van der Waals surface area contributed by atoms with Gasteiger partial charge in [0.05, 0.1) is 12.9 Å². The van der Waals surface area contributed by atoms with Crippen LogP contribution < -0.4 is 5.32 Å². The predicted molar refractivity (Wildman–Crippen MR) is 74.1 cm³/mol. The third-order valence-electron chi connectivity index (χ3n) is 3.41. The van der Waals surface area contributed by atoms with Crippen molar-refractivity contribution < 1.29 is 9.53 Å². The normalized spacial score (nSPS) is 21.4. The third-order valence-corrected chi connectivity index (χ3v) is 3.41. The molecule has 0 heterocycles. The van der Waals surface area contributed by atoms with Crippen molar-refractivity contribution in [1.29, 1.82) is 0 Å². The zero-order chi connectivity index (χ0) is 13.5. The van der Waals surface area contributed by atoms with Crippen molar-refractivity contribution in [2.24, 2.45) is 5.92 Å². The predicted octanol–water partition coefficient (Wildman–Crippen LogP) is 3.18. The van der Waals surface area contributed by atoms with E-state index in [-0.39, 0.29) is 11.9 Å². The Morgan fingerprint density at radius 3 is 2.89 bits per heavy atom. The van der Waals surface area contributed by atoms with E-state index in [1.807, 2.05) is 12.2 Å². The average Bonchev–Trinajstić information content (AvgIpc) is 2.51. The van der Waals surface area contributed by atoms with Crippen molar-refractivity contribution in [3.05, 3.63) is 23.5 Å². The summed E-state index contributed by atoms with van der Waals surface area (Å²) in [5.74, 6) is 1.40. The van der Waals surface area contributed by atoms with Crippen LogP contribution in [0.2, 0.25) is 0 Å². The fraction of sp³-hybridized carbons (Fsp3) is 0.667. The molecule has 0 aromatic rings. The highest BCUT2D eigenvalue weighted by atomic mass is 16.5. The van der Waals surface area contributed by atoms with Crippen LogP contribution in [-0.4, -0.2) is 19.1 Å². The monoisotopic (exact) mass is 251 g/mol. The van der Waals surface area contributed by atoms with E-state index in [9.17, 15) is 4.79 Å². The summed E-state index contributed by atoms with van der Waals surface area (Å²) in [5.41, 5.74) is 0.858. The summed E-state index contributed by atoms with van der Waals surface area (Å²) >= 11 is 0. The standard InChI is InChI=1S/C15H25NO2/c1-5-6-12(3)16-15(17)13-8-7-11(2)14(18-4)10-9-13/h9-12H,5-8H2,1-4H3,(H,16,17). The Morgan fingerprint density at radius 2 is 2.28 bits per heavy atom. The summed E-state index contributed by atoms with van der Waals surface area (Å²) in [7, 11) is 1.69. The Balaban J connectivity index is 2.64. The maximum Gasteiger partial charge on any atom is 0.247 e. The van der Waals surface area contributed by atoms with Gasteiger partial charge in [0.2, 0.25) is 5.91 Å². The number of amides is 1. The van der Waals surface area contributed by atoms with Crippen LogP contribution in [0, 0.1) is 5.92 Å². The van der Waals surface area contributed by atoms with Crippen molar-refractivity contribution in [2.45, 2.75) is 52.5 Å². The Bertz CT molecular complexity index is 344. The molecular weight excluding hydrogens is 226 g/mol. The van der Waals surface area contributed by atoms with Gasteiger partial charge in [-0.1, -0.05) is 26.3 Å². The highest BCUT2D eigenvalue weighted by Crippen LogP contribution is 2.24. The first-order valence-corrected chi connectivity index (χ1v) is 6.84. The molecule has 0 spiro atoms. The van der Waals surface area contributed by atoms with E-state index in [4.69, 9.17) is 4.74 Å². The number of hydrogen-bond donors (Lipinski definition) is 1. The number of carbonyl (C=O) groups excluding carboxylic acids is 1. The van der Waals surface area contributed by atoms with Gasteiger partial charge in [-0.3, -0.25) is 4.79 Å². The Kier molecular flexibility index (Phi) is 5.96. The molecule has 2 atom stereocenters. The second-order valence-corrected chi connectivity index (χ2v) is 5.07. The summed E-state index contributed by atoms with van der Waals surface area (Å²) in [6.45, 7) is 6.31. The van der Waals surface area contributed by atoms with Crippen molar-refractivity contribution in [3.8, 4) is 0 Å². The highest BCUT2D eigenvalue weighted by Gasteiger charge is 2.18. The molecule has 0 fully saturated rings. The second kappa shape index (κ2) is 7.24. The molecule has 3 nitrogen and oxygen atoms in total. The SMILES string of the molecule is CCCC(C)NC(=O)C1=CC=C(OC)C(C)CC1. The summed E-state index contributed by atoms with van der Waals surface area (Å²) in [6.07, 6.45) is 7.71. The van der Waals surface area contributed by atoms with Gasteiger partial charge in [0.1, 0.15) is 0 Å². The Morgan fingerprint density at radius 1 is 1.56 bits per heavy atom. The number of allylic oxidation sites excluding steroid dienone is 3. The lowest BCUT2D eigenvalue weighted by Crippen LogP contribution is -2.33. The number of carbonyl (C=O) groups is 1. The quantitative estimate of drug-likeness (QED) is 0.815. The van der Waals surface area contributed by atoms with Gasteiger partial charge in [0, 0.05) is 17.5 Å². The van der Waals surface area contributed by atoms with Gasteiger partial charge in [0.15, 0.2) is 0 Å². The molecule has 102 valence electrons. The van der Waals surface area contributed by atoms with Gasteiger partial charge in [-0.15, -0.1) is 0 Å². The van der Waals surface area contributed by atoms with E-state index >= 15 is 0 Å². The fourth-order valence-corrected chi connectivity index (χ4v) is 2.22. The van der Waals surface area contributed by atoms with E-state index in [2.05, 4.69) is 26.1 Å². The molecule has 1 rings (SSSR count). The summed E-state index contributed by atoms with van der Waals surface area (Å²) in [5, 5.41) is 3.05. The van der Waals surface area contributed by atoms with E-state index in [1.54, 1.807) is 7.11 Å². The van der Waals surface area contributed by atoms with Crippen molar-refractivity contribution in [3.63, 3.8) is 0 Å². The fourth-order valence-electron chi connectivity index (χ4n) is 2.22. The summed E-state index contributed by atoms with van der Waals surface area (Å²) in [6, 6.07) is 0.245. The molecule has 0 saturated heterocycles. The molecule has 1 aliphatic carbocycles. The van der Waals surface area contributed by atoms with Crippen LogP contribution in [0.1, 0.15) is 46.5 Å². The summed E-state index contributed by atoms with van der Waals surface area (Å²) < 4.78 is 5.32. The maximum absolute atomic E-state index is 12.1. The van der Waals surface area contributed by atoms with Gasteiger partial charge >= 0.3 is 0 Å². The maximum atomic E-state index is 12.1. The van der Waals surface area contributed by atoms with Crippen LogP contribution in [0.15, 0.2) is 23.5 Å². The zero-order valence-electron chi connectivity index (χ0n) is 12.0. The minimum Gasteiger partial charge on any atom is -0.501 e. The molecule has 1 amide bonds. The molecule has 18 heavy (non-hydrogen) atoms. The molecule has 0 aliphatic heterocycles. The summed E-state index contributed by atoms with van der Waals surface area (Å²) in [4.78, 5) is 12.1. The first-order valence-electron chi connectivity index (χ1n) is 6.84. The smallest absolute Gasteiger partial charge is 0.247 e. The Labute approximate surface area is 110 Å². The highest BCUT2D eigenvalue weighted by molar-refractivity contribution is 5.93.